The van der Waals surface area contributed by atoms with Crippen LogP contribution in [0.15, 0.2) is 60.0 Å². The third kappa shape index (κ3) is 6.33. The van der Waals surface area contributed by atoms with Crippen molar-refractivity contribution >= 4 is 58.2 Å². The van der Waals surface area contributed by atoms with Crippen LogP contribution in [0.3, 0.4) is 0 Å². The summed E-state index contributed by atoms with van der Waals surface area (Å²) in [6.45, 7) is 0.900. The van der Waals surface area contributed by atoms with Crippen LogP contribution < -0.4 is 0 Å². The molecule has 1 unspecified atom stereocenters. The van der Waals surface area contributed by atoms with Gasteiger partial charge in [-0.25, -0.2) is 4.98 Å². The molecule has 0 N–H and O–H groups in total. The lowest BCUT2D eigenvalue weighted by Gasteiger charge is -2.18. The number of thioether (sulfide) groups is 1. The Morgan fingerprint density at radius 3 is 2.37 bits per heavy atom. The van der Waals surface area contributed by atoms with E-state index in [2.05, 4.69) is 21.7 Å². The summed E-state index contributed by atoms with van der Waals surface area (Å²) in [5.74, 6) is 0. The topological polar surface area (TPSA) is 17.8 Å². The highest BCUT2D eigenvalue weighted by atomic mass is 35.5. The highest BCUT2D eigenvalue weighted by molar-refractivity contribution is 8.00. The molecule has 0 fully saturated rings. The zero-order valence-electron chi connectivity index (χ0n) is 14.4. The van der Waals surface area contributed by atoms with Crippen molar-refractivity contribution in [3.05, 3.63) is 80.8 Å². The van der Waals surface area contributed by atoms with Gasteiger partial charge in [-0.05, 0) is 49.1 Å². The van der Waals surface area contributed by atoms with Gasteiger partial charge in [-0.3, -0.25) is 0 Å². The van der Waals surface area contributed by atoms with Crippen LogP contribution in [0, 0.1) is 0 Å². The molecule has 2 aromatic carbocycles. The average molecular weight is 460 g/mol. The highest BCUT2D eigenvalue weighted by Crippen LogP contribution is 2.38. The largest absolute Gasteiger partial charge is 0.337 e. The second kappa shape index (κ2) is 10.1. The van der Waals surface area contributed by atoms with E-state index >= 15 is 0 Å². The predicted molar refractivity (Wildman–Crippen MR) is 118 cm³/mol. The summed E-state index contributed by atoms with van der Waals surface area (Å²) in [7, 11) is 0. The molecule has 1 aromatic heterocycles. The van der Waals surface area contributed by atoms with Crippen molar-refractivity contribution < 1.29 is 0 Å². The molecule has 0 aliphatic rings. The molecule has 3 aromatic rings. The second-order valence-electron chi connectivity index (χ2n) is 6.19. The molecular formula is C20H18Cl4N2S. The summed E-state index contributed by atoms with van der Waals surface area (Å²) in [5.41, 5.74) is 1.27. The van der Waals surface area contributed by atoms with E-state index in [0.717, 1.165) is 35.7 Å². The van der Waals surface area contributed by atoms with Crippen LogP contribution in [-0.2, 0) is 13.0 Å². The van der Waals surface area contributed by atoms with Crippen LogP contribution in [0.4, 0.5) is 0 Å². The number of aryl methyl sites for hydroxylation is 2. The number of aromatic nitrogens is 2. The van der Waals surface area contributed by atoms with E-state index < -0.39 is 0 Å². The predicted octanol–water partition coefficient (Wildman–Crippen LogP) is 7.68. The van der Waals surface area contributed by atoms with Crippen LogP contribution in [-0.4, -0.2) is 14.8 Å². The van der Waals surface area contributed by atoms with Gasteiger partial charge in [0.15, 0.2) is 0 Å². The Balaban J connectivity index is 1.70. The van der Waals surface area contributed by atoms with Crippen LogP contribution >= 0.6 is 58.2 Å². The number of nitrogens with zero attached hydrogens (tertiary/aromatic N) is 2. The Morgan fingerprint density at radius 2 is 1.67 bits per heavy atom. The summed E-state index contributed by atoms with van der Waals surface area (Å²) < 4.78 is 2.09. The zero-order chi connectivity index (χ0) is 19.2. The van der Waals surface area contributed by atoms with Crippen molar-refractivity contribution in [3.8, 4) is 0 Å². The van der Waals surface area contributed by atoms with Crippen molar-refractivity contribution in [2.45, 2.75) is 36.0 Å². The van der Waals surface area contributed by atoms with E-state index in [4.69, 9.17) is 46.4 Å². The fourth-order valence-corrected chi connectivity index (χ4v) is 4.77. The van der Waals surface area contributed by atoms with Crippen LogP contribution in [0.2, 0.25) is 20.1 Å². The van der Waals surface area contributed by atoms with Gasteiger partial charge < -0.3 is 4.57 Å². The van der Waals surface area contributed by atoms with Crippen molar-refractivity contribution in [2.75, 3.05) is 0 Å². The first-order valence-corrected chi connectivity index (χ1v) is 10.9. The molecule has 0 radical (unpaired) electrons. The molecule has 2 nitrogen and oxygen atoms in total. The molecule has 0 amide bonds. The molecule has 27 heavy (non-hydrogen) atoms. The summed E-state index contributed by atoms with van der Waals surface area (Å²) >= 11 is 26.4. The lowest BCUT2D eigenvalue weighted by molar-refractivity contribution is 0.598. The first-order valence-electron chi connectivity index (χ1n) is 8.52. The Hall–Kier alpha value is -0.840. The molecule has 0 aliphatic carbocycles. The third-order valence-electron chi connectivity index (χ3n) is 4.21. The van der Waals surface area contributed by atoms with Crippen molar-refractivity contribution in [3.63, 3.8) is 0 Å². The zero-order valence-corrected chi connectivity index (χ0v) is 18.3. The highest BCUT2D eigenvalue weighted by Gasteiger charge is 2.15. The molecule has 3 rings (SSSR count). The Morgan fingerprint density at radius 1 is 0.926 bits per heavy atom. The number of rotatable bonds is 8. The van der Waals surface area contributed by atoms with E-state index in [9.17, 15) is 0 Å². The van der Waals surface area contributed by atoms with Crippen molar-refractivity contribution in [1.29, 1.82) is 0 Å². The second-order valence-corrected chi connectivity index (χ2v) is 9.19. The summed E-state index contributed by atoms with van der Waals surface area (Å²) in [5, 5.41) is 2.76. The van der Waals surface area contributed by atoms with Gasteiger partial charge in [0.25, 0.3) is 0 Å². The summed E-state index contributed by atoms with van der Waals surface area (Å²) in [6.07, 6.45) is 8.59. The van der Waals surface area contributed by atoms with Gasteiger partial charge >= 0.3 is 0 Å². The van der Waals surface area contributed by atoms with E-state index in [1.54, 1.807) is 24.0 Å². The maximum atomic E-state index is 6.39. The number of hydrogen-bond acceptors (Lipinski definition) is 2. The Labute approximate surface area is 183 Å². The standard InChI is InChI=1S/C20H18Cl4N2S/c21-15-4-1-14(2-5-15)3-6-16(7-9-26-10-8-25-13-26)27-20-12-18(23)17(22)11-19(20)24/h1-2,4-5,8,10-13,16H,3,6-7,9H2. The normalized spacial score (nSPS) is 12.3. The first kappa shape index (κ1) is 20.9. The lowest BCUT2D eigenvalue weighted by Crippen LogP contribution is -2.09. The molecule has 0 saturated carbocycles. The number of hydrogen-bond donors (Lipinski definition) is 0. The van der Waals surface area contributed by atoms with Crippen LogP contribution in [0.25, 0.3) is 0 Å². The summed E-state index contributed by atoms with van der Waals surface area (Å²) in [4.78, 5) is 5.07. The van der Waals surface area contributed by atoms with Gasteiger partial charge in [0.2, 0.25) is 0 Å². The molecular weight excluding hydrogens is 442 g/mol. The van der Waals surface area contributed by atoms with Crippen molar-refractivity contribution in [2.24, 2.45) is 0 Å². The third-order valence-corrected chi connectivity index (χ3v) is 7.00. The van der Waals surface area contributed by atoms with Gasteiger partial charge in [-0.1, -0.05) is 58.5 Å². The molecule has 7 heteroatoms. The quantitative estimate of drug-likeness (QED) is 0.254. The van der Waals surface area contributed by atoms with Gasteiger partial charge in [-0.2, -0.15) is 0 Å². The molecule has 0 saturated heterocycles. The smallest absolute Gasteiger partial charge is 0.0945 e. The summed E-state index contributed by atoms with van der Waals surface area (Å²) in [6, 6.07) is 11.6. The monoisotopic (exact) mass is 458 g/mol. The molecule has 142 valence electrons. The first-order chi connectivity index (χ1) is 13.0. The average Bonchev–Trinajstić information content (AvgIpc) is 3.16. The number of halogens is 4. The minimum Gasteiger partial charge on any atom is -0.337 e. The maximum Gasteiger partial charge on any atom is 0.0945 e. The molecule has 0 spiro atoms. The Kier molecular flexibility index (Phi) is 7.80. The molecule has 1 heterocycles. The minimum absolute atomic E-state index is 0.373. The Bertz CT molecular complexity index is 866. The molecule has 0 bridgehead atoms. The maximum absolute atomic E-state index is 6.39. The van der Waals surface area contributed by atoms with Gasteiger partial charge in [0, 0.05) is 34.1 Å². The number of benzene rings is 2. The van der Waals surface area contributed by atoms with Crippen molar-refractivity contribution in [1.82, 2.24) is 9.55 Å². The fraction of sp³-hybridized carbons (Fsp3) is 0.250. The van der Waals surface area contributed by atoms with Gasteiger partial charge in [0.05, 0.1) is 21.4 Å². The van der Waals surface area contributed by atoms with Crippen LogP contribution in [0.5, 0.6) is 0 Å². The minimum atomic E-state index is 0.373. The lowest BCUT2D eigenvalue weighted by atomic mass is 10.1. The van der Waals surface area contributed by atoms with E-state index in [1.807, 2.05) is 30.7 Å². The SMILES string of the molecule is Clc1ccc(CCC(CCn2ccnc2)Sc2cc(Cl)c(Cl)cc2Cl)cc1. The molecule has 1 atom stereocenters. The van der Waals surface area contributed by atoms with Gasteiger partial charge in [-0.15, -0.1) is 11.8 Å². The van der Waals surface area contributed by atoms with E-state index in [-0.39, 0.29) is 0 Å². The van der Waals surface area contributed by atoms with Gasteiger partial charge in [0.1, 0.15) is 0 Å². The van der Waals surface area contributed by atoms with E-state index in [1.165, 1.54) is 5.56 Å². The fourth-order valence-electron chi connectivity index (χ4n) is 2.73. The number of imidazole rings is 1. The molecule has 0 aliphatic heterocycles. The van der Waals surface area contributed by atoms with E-state index in [0.29, 0.717) is 20.3 Å². The van der Waals surface area contributed by atoms with Crippen LogP contribution in [0.1, 0.15) is 18.4 Å².